The van der Waals surface area contributed by atoms with Crippen LogP contribution in [0.4, 0.5) is 0 Å². The highest BCUT2D eigenvalue weighted by atomic mass is 15.2. The maximum Gasteiger partial charge on any atom is 0.0571 e. The number of nitrogens with zero attached hydrogens (tertiary/aromatic N) is 3. The third kappa shape index (κ3) is 1.38. The van der Waals surface area contributed by atoms with Gasteiger partial charge in [-0.05, 0) is 30.5 Å². The summed E-state index contributed by atoms with van der Waals surface area (Å²) in [6.07, 6.45) is 7.37. The van der Waals surface area contributed by atoms with Crippen molar-refractivity contribution in [3.05, 3.63) is 30.1 Å². The van der Waals surface area contributed by atoms with Gasteiger partial charge < -0.3 is 0 Å². The summed E-state index contributed by atoms with van der Waals surface area (Å²) in [5, 5.41) is 7.78. The zero-order valence-corrected chi connectivity index (χ0v) is 8.93. The smallest absolute Gasteiger partial charge is 0.0571 e. The summed E-state index contributed by atoms with van der Waals surface area (Å²) < 4.78 is 0. The number of fused-ring (bicyclic) bond motifs is 2. The molecule has 1 aromatic heterocycles. The fourth-order valence-electron chi connectivity index (χ4n) is 2.85. The third-order valence-corrected chi connectivity index (χ3v) is 3.53. The molecule has 0 saturated carbocycles. The zero-order chi connectivity index (χ0) is 10.3. The molecule has 1 aliphatic heterocycles. The van der Waals surface area contributed by atoms with E-state index < -0.39 is 0 Å². The lowest BCUT2D eigenvalue weighted by Gasteiger charge is -2.26. The first-order chi connectivity index (χ1) is 7.38. The Morgan fingerprint density at radius 1 is 1.47 bits per heavy atom. The van der Waals surface area contributed by atoms with Crippen molar-refractivity contribution < 1.29 is 0 Å². The number of likely N-dealkylation sites (tertiary alicyclic amines) is 1. The Morgan fingerprint density at radius 2 is 2.40 bits per heavy atom. The van der Waals surface area contributed by atoms with E-state index in [1.54, 1.807) is 6.20 Å². The largest absolute Gasteiger partial charge is 0.296 e. The summed E-state index contributed by atoms with van der Waals surface area (Å²) in [5.74, 6) is 0.762. The van der Waals surface area contributed by atoms with Crippen molar-refractivity contribution in [3.8, 4) is 0 Å². The molecule has 3 rings (SSSR count). The molecule has 0 N–H and O–H groups in total. The van der Waals surface area contributed by atoms with E-state index in [0.29, 0.717) is 6.04 Å². The Balaban J connectivity index is 1.93. The van der Waals surface area contributed by atoms with Crippen molar-refractivity contribution in [1.29, 1.82) is 0 Å². The zero-order valence-electron chi connectivity index (χ0n) is 8.93. The quantitative estimate of drug-likeness (QED) is 0.727. The van der Waals surface area contributed by atoms with Gasteiger partial charge in [0, 0.05) is 18.2 Å². The summed E-state index contributed by atoms with van der Waals surface area (Å²) in [6.45, 7) is 4.63. The van der Waals surface area contributed by atoms with Gasteiger partial charge in [-0.2, -0.15) is 10.2 Å². The Hall–Kier alpha value is -1.22. The van der Waals surface area contributed by atoms with Gasteiger partial charge in [-0.1, -0.05) is 13.0 Å². The van der Waals surface area contributed by atoms with E-state index in [1.165, 1.54) is 24.1 Å². The number of hydrogen-bond acceptors (Lipinski definition) is 3. The summed E-state index contributed by atoms with van der Waals surface area (Å²) >= 11 is 0. The van der Waals surface area contributed by atoms with Crippen LogP contribution in [0.5, 0.6) is 0 Å². The second-order valence-corrected chi connectivity index (χ2v) is 4.35. The maximum absolute atomic E-state index is 3.95. The Morgan fingerprint density at radius 3 is 3.07 bits per heavy atom. The van der Waals surface area contributed by atoms with Gasteiger partial charge in [-0.15, -0.1) is 0 Å². The van der Waals surface area contributed by atoms with E-state index >= 15 is 0 Å². The number of hydrogen-bond donors (Lipinski definition) is 0. The van der Waals surface area contributed by atoms with E-state index in [9.17, 15) is 0 Å². The van der Waals surface area contributed by atoms with E-state index in [0.717, 1.165) is 12.5 Å². The van der Waals surface area contributed by atoms with Crippen LogP contribution in [-0.4, -0.2) is 34.2 Å². The summed E-state index contributed by atoms with van der Waals surface area (Å²) in [6, 6.07) is 2.69. The molecule has 2 heterocycles. The van der Waals surface area contributed by atoms with Gasteiger partial charge in [0.15, 0.2) is 0 Å². The van der Waals surface area contributed by atoms with Gasteiger partial charge >= 0.3 is 0 Å². The van der Waals surface area contributed by atoms with E-state index in [-0.39, 0.29) is 0 Å². The monoisotopic (exact) mass is 201 g/mol. The molecular weight excluding hydrogens is 186 g/mol. The van der Waals surface area contributed by atoms with Gasteiger partial charge in [0.05, 0.1) is 12.4 Å². The molecule has 3 heteroatoms. The van der Waals surface area contributed by atoms with Crippen molar-refractivity contribution in [1.82, 2.24) is 15.1 Å². The van der Waals surface area contributed by atoms with E-state index in [2.05, 4.69) is 34.2 Å². The van der Waals surface area contributed by atoms with Crippen LogP contribution in [0.2, 0.25) is 0 Å². The van der Waals surface area contributed by atoms with Crippen LogP contribution >= 0.6 is 0 Å². The molecule has 15 heavy (non-hydrogen) atoms. The standard InChI is InChI=1S/C12H15N3/c1-2-15-8-9-5-11(12(15)6-9)10-3-4-13-14-7-10/h3-5,7,9,12H,2,6,8H2,1H3. The normalized spacial score (nSPS) is 29.5. The molecule has 2 aliphatic rings. The van der Waals surface area contributed by atoms with Crippen molar-refractivity contribution in [3.63, 3.8) is 0 Å². The molecule has 0 amide bonds. The maximum atomic E-state index is 3.95. The highest BCUT2D eigenvalue weighted by Crippen LogP contribution is 2.40. The van der Waals surface area contributed by atoms with Crippen LogP contribution in [0.25, 0.3) is 5.57 Å². The molecule has 1 fully saturated rings. The molecule has 2 unspecified atom stereocenters. The average molecular weight is 201 g/mol. The minimum Gasteiger partial charge on any atom is -0.296 e. The molecule has 1 aliphatic carbocycles. The second kappa shape index (κ2) is 3.42. The molecule has 1 aromatic rings. The molecule has 0 radical (unpaired) electrons. The number of aromatic nitrogens is 2. The second-order valence-electron chi connectivity index (χ2n) is 4.35. The lowest BCUT2D eigenvalue weighted by molar-refractivity contribution is 0.302. The fraction of sp³-hybridized carbons (Fsp3) is 0.500. The third-order valence-electron chi connectivity index (χ3n) is 3.53. The van der Waals surface area contributed by atoms with Crippen molar-refractivity contribution >= 4 is 5.57 Å². The minimum atomic E-state index is 0.629. The predicted molar refractivity (Wildman–Crippen MR) is 59.2 cm³/mol. The molecule has 3 nitrogen and oxygen atoms in total. The van der Waals surface area contributed by atoms with Crippen LogP contribution in [0, 0.1) is 5.92 Å². The lowest BCUT2D eigenvalue weighted by Crippen LogP contribution is -2.31. The molecular formula is C12H15N3. The van der Waals surface area contributed by atoms with E-state index in [4.69, 9.17) is 0 Å². The summed E-state index contributed by atoms with van der Waals surface area (Å²) in [4.78, 5) is 2.56. The lowest BCUT2D eigenvalue weighted by atomic mass is 10.0. The molecule has 1 saturated heterocycles. The van der Waals surface area contributed by atoms with Gasteiger partial charge in [-0.25, -0.2) is 0 Å². The number of rotatable bonds is 2. The van der Waals surface area contributed by atoms with Crippen LogP contribution in [-0.2, 0) is 0 Å². The number of likely N-dealkylation sites (N-methyl/N-ethyl adjacent to an activating group) is 1. The highest BCUT2D eigenvalue weighted by molar-refractivity contribution is 5.72. The molecule has 78 valence electrons. The SMILES string of the molecule is CCN1CC2C=C(c3ccnnc3)C1C2. The first kappa shape index (κ1) is 9.04. The van der Waals surface area contributed by atoms with Gasteiger partial charge in [-0.3, -0.25) is 4.90 Å². The van der Waals surface area contributed by atoms with Crippen molar-refractivity contribution in [2.24, 2.45) is 5.92 Å². The summed E-state index contributed by atoms with van der Waals surface area (Å²) in [5.41, 5.74) is 2.71. The fourth-order valence-corrected chi connectivity index (χ4v) is 2.85. The molecule has 0 aromatic carbocycles. The Bertz CT molecular complexity index is 385. The van der Waals surface area contributed by atoms with Crippen LogP contribution < -0.4 is 0 Å². The Kier molecular flexibility index (Phi) is 2.06. The average Bonchev–Trinajstić information content (AvgIpc) is 2.89. The highest BCUT2D eigenvalue weighted by Gasteiger charge is 2.38. The van der Waals surface area contributed by atoms with Crippen LogP contribution in [0.15, 0.2) is 24.5 Å². The van der Waals surface area contributed by atoms with E-state index in [1.807, 2.05) is 6.20 Å². The van der Waals surface area contributed by atoms with Gasteiger partial charge in [0.2, 0.25) is 0 Å². The summed E-state index contributed by atoms with van der Waals surface area (Å²) in [7, 11) is 0. The first-order valence-corrected chi connectivity index (χ1v) is 5.61. The van der Waals surface area contributed by atoms with Crippen molar-refractivity contribution in [2.75, 3.05) is 13.1 Å². The topological polar surface area (TPSA) is 29.0 Å². The molecule has 0 spiro atoms. The van der Waals surface area contributed by atoms with Crippen LogP contribution in [0.1, 0.15) is 18.9 Å². The molecule has 2 atom stereocenters. The predicted octanol–water partition coefficient (Wildman–Crippen LogP) is 1.58. The van der Waals surface area contributed by atoms with Crippen LogP contribution in [0.3, 0.4) is 0 Å². The van der Waals surface area contributed by atoms with Crippen molar-refractivity contribution in [2.45, 2.75) is 19.4 Å². The first-order valence-electron chi connectivity index (χ1n) is 5.61. The van der Waals surface area contributed by atoms with Gasteiger partial charge in [0.1, 0.15) is 0 Å². The molecule has 2 bridgehead atoms. The Labute approximate surface area is 89.8 Å². The minimum absolute atomic E-state index is 0.629. The van der Waals surface area contributed by atoms with Gasteiger partial charge in [0.25, 0.3) is 0 Å².